The lowest BCUT2D eigenvalue weighted by Gasteiger charge is -2.26. The Morgan fingerprint density at radius 2 is 1.75 bits per heavy atom. The lowest BCUT2D eigenvalue weighted by Crippen LogP contribution is -2.42. The lowest BCUT2D eigenvalue weighted by molar-refractivity contribution is 0.0526. The summed E-state index contributed by atoms with van der Waals surface area (Å²) in [6.07, 6.45) is 3.35. The van der Waals surface area contributed by atoms with Crippen LogP contribution in [0.5, 0.6) is 0 Å². The number of carbonyl (C=O) groups excluding carboxylic acids is 2. The van der Waals surface area contributed by atoms with E-state index in [-0.39, 0.29) is 22.3 Å². The van der Waals surface area contributed by atoms with Crippen LogP contribution in [0.25, 0.3) is 0 Å². The van der Waals surface area contributed by atoms with Gasteiger partial charge in [-0.25, -0.2) is 4.79 Å². The molecule has 0 saturated carbocycles. The molecule has 0 aliphatic carbocycles. The highest BCUT2D eigenvalue weighted by Crippen LogP contribution is 2.22. The Hall–Kier alpha value is -3.00. The fourth-order valence-corrected chi connectivity index (χ4v) is 3.61. The van der Waals surface area contributed by atoms with Crippen molar-refractivity contribution in [2.75, 3.05) is 11.5 Å². The predicted molar refractivity (Wildman–Crippen MR) is 129 cm³/mol. The second-order valence-corrected chi connectivity index (χ2v) is 7.82. The van der Waals surface area contributed by atoms with Crippen molar-refractivity contribution < 1.29 is 14.3 Å². The third-order valence-electron chi connectivity index (χ3n) is 4.42. The van der Waals surface area contributed by atoms with Crippen LogP contribution < -0.4 is 10.2 Å². The molecule has 1 aromatic heterocycles. The zero-order valence-corrected chi connectivity index (χ0v) is 19.4. The van der Waals surface area contributed by atoms with Crippen LogP contribution in [0.3, 0.4) is 0 Å². The molecule has 0 saturated heterocycles. The molecule has 3 aromatic rings. The van der Waals surface area contributed by atoms with Crippen molar-refractivity contribution >= 4 is 58.1 Å². The van der Waals surface area contributed by atoms with Crippen LogP contribution in [0.4, 0.5) is 5.69 Å². The predicted octanol–water partition coefficient (Wildman–Crippen LogP) is 5.29. The van der Waals surface area contributed by atoms with Gasteiger partial charge in [0.05, 0.1) is 29.3 Å². The molecule has 0 bridgehead atoms. The number of esters is 1. The number of amides is 1. The fourth-order valence-electron chi connectivity index (χ4n) is 2.85. The van der Waals surface area contributed by atoms with E-state index in [1.807, 2.05) is 12.1 Å². The molecule has 6 nitrogen and oxygen atoms in total. The molecule has 0 atom stereocenters. The Bertz CT molecular complexity index is 1130. The number of aromatic nitrogens is 1. The first-order valence-corrected chi connectivity index (χ1v) is 10.8. The third-order valence-corrected chi connectivity index (χ3v) is 5.29. The van der Waals surface area contributed by atoms with E-state index >= 15 is 0 Å². The van der Waals surface area contributed by atoms with Gasteiger partial charge in [0.15, 0.2) is 5.11 Å². The van der Waals surface area contributed by atoms with Crippen LogP contribution in [0.2, 0.25) is 10.0 Å². The van der Waals surface area contributed by atoms with Crippen molar-refractivity contribution in [3.05, 3.63) is 93.7 Å². The van der Waals surface area contributed by atoms with Crippen LogP contribution >= 0.6 is 35.4 Å². The van der Waals surface area contributed by atoms with Crippen LogP contribution in [-0.2, 0) is 11.3 Å². The van der Waals surface area contributed by atoms with Gasteiger partial charge in [-0.2, -0.15) is 0 Å². The smallest absolute Gasteiger partial charge is 0.338 e. The number of carbonyl (C=O) groups is 2. The van der Waals surface area contributed by atoms with E-state index in [0.717, 1.165) is 5.56 Å². The normalized spacial score (nSPS) is 10.3. The molecule has 1 N–H and O–H groups in total. The molecule has 3 rings (SSSR count). The zero-order valence-electron chi connectivity index (χ0n) is 17.0. The maximum Gasteiger partial charge on any atom is 0.338 e. The topological polar surface area (TPSA) is 71.5 Å². The van der Waals surface area contributed by atoms with Crippen LogP contribution in [-0.4, -0.2) is 28.6 Å². The number of nitrogens with zero attached hydrogens (tertiary/aromatic N) is 2. The molecule has 1 heterocycles. The molecular formula is C23H19Cl2N3O3S. The van der Waals surface area contributed by atoms with Gasteiger partial charge in [-0.3, -0.25) is 15.1 Å². The lowest BCUT2D eigenvalue weighted by atomic mass is 10.1. The number of nitrogens with one attached hydrogen (secondary N) is 1. The van der Waals surface area contributed by atoms with Crippen molar-refractivity contribution in [3.8, 4) is 0 Å². The van der Waals surface area contributed by atoms with Crippen molar-refractivity contribution in [1.82, 2.24) is 10.3 Å². The van der Waals surface area contributed by atoms with Gasteiger partial charge in [0.1, 0.15) is 0 Å². The van der Waals surface area contributed by atoms with Gasteiger partial charge < -0.3 is 9.64 Å². The number of ether oxygens (including phenoxy) is 1. The summed E-state index contributed by atoms with van der Waals surface area (Å²) >= 11 is 17.6. The van der Waals surface area contributed by atoms with Gasteiger partial charge in [-0.15, -0.1) is 0 Å². The van der Waals surface area contributed by atoms with E-state index in [4.69, 9.17) is 40.2 Å². The molecule has 164 valence electrons. The monoisotopic (exact) mass is 487 g/mol. The standard InChI is InChI=1S/C23H19Cl2N3O3S/c1-2-31-22(30)16-3-6-18(7-4-16)28(14-15-9-11-26-12-10-15)23(32)27-21(29)19-8-5-17(24)13-20(19)25/h3-13H,2,14H2,1H3,(H,27,29,32). The van der Waals surface area contributed by atoms with E-state index in [9.17, 15) is 9.59 Å². The van der Waals surface area contributed by atoms with E-state index in [1.165, 1.54) is 12.1 Å². The second-order valence-electron chi connectivity index (χ2n) is 6.59. The summed E-state index contributed by atoms with van der Waals surface area (Å²) in [5.41, 5.74) is 2.28. The number of benzene rings is 2. The largest absolute Gasteiger partial charge is 0.462 e. The number of thiocarbonyl (C=S) groups is 1. The Morgan fingerprint density at radius 1 is 1.06 bits per heavy atom. The van der Waals surface area contributed by atoms with E-state index < -0.39 is 11.9 Å². The first-order valence-electron chi connectivity index (χ1n) is 9.63. The fraction of sp³-hybridized carbons (Fsp3) is 0.130. The Balaban J connectivity index is 1.86. The highest BCUT2D eigenvalue weighted by atomic mass is 35.5. The first kappa shape index (κ1) is 23.7. The third kappa shape index (κ3) is 6.03. The number of rotatable bonds is 6. The maximum atomic E-state index is 12.8. The summed E-state index contributed by atoms with van der Waals surface area (Å²) < 4.78 is 5.03. The minimum Gasteiger partial charge on any atom is -0.462 e. The highest BCUT2D eigenvalue weighted by molar-refractivity contribution is 7.80. The van der Waals surface area contributed by atoms with Crippen molar-refractivity contribution in [3.63, 3.8) is 0 Å². The Morgan fingerprint density at radius 3 is 2.38 bits per heavy atom. The van der Waals surface area contributed by atoms with Crippen LogP contribution in [0, 0.1) is 0 Å². The Labute approximate surface area is 201 Å². The SMILES string of the molecule is CCOC(=O)c1ccc(N(Cc2ccncc2)C(=S)NC(=O)c2ccc(Cl)cc2Cl)cc1. The summed E-state index contributed by atoms with van der Waals surface area (Å²) in [6, 6.07) is 15.1. The molecular weight excluding hydrogens is 469 g/mol. The minimum absolute atomic E-state index is 0.168. The van der Waals surface area contributed by atoms with E-state index in [0.29, 0.717) is 22.8 Å². The number of anilines is 1. The number of hydrogen-bond donors (Lipinski definition) is 1. The first-order chi connectivity index (χ1) is 15.4. The maximum absolute atomic E-state index is 12.8. The van der Waals surface area contributed by atoms with Crippen molar-refractivity contribution in [1.29, 1.82) is 0 Å². The number of hydrogen-bond acceptors (Lipinski definition) is 5. The molecule has 0 aliphatic rings. The van der Waals surface area contributed by atoms with Crippen LogP contribution in [0.15, 0.2) is 67.0 Å². The summed E-state index contributed by atoms with van der Waals surface area (Å²) in [4.78, 5) is 30.5. The average molecular weight is 488 g/mol. The summed E-state index contributed by atoms with van der Waals surface area (Å²) in [5, 5.41) is 3.53. The molecule has 0 radical (unpaired) electrons. The van der Waals surface area contributed by atoms with Gasteiger partial charge >= 0.3 is 5.97 Å². The van der Waals surface area contributed by atoms with E-state index in [1.54, 1.807) is 54.5 Å². The van der Waals surface area contributed by atoms with Gasteiger partial charge in [-0.05, 0) is 79.3 Å². The molecule has 32 heavy (non-hydrogen) atoms. The van der Waals surface area contributed by atoms with Gasteiger partial charge in [0, 0.05) is 23.1 Å². The molecule has 2 aromatic carbocycles. The van der Waals surface area contributed by atoms with Gasteiger partial charge in [0.25, 0.3) is 5.91 Å². The van der Waals surface area contributed by atoms with Crippen molar-refractivity contribution in [2.24, 2.45) is 0 Å². The van der Waals surface area contributed by atoms with E-state index in [2.05, 4.69) is 10.3 Å². The minimum atomic E-state index is -0.459. The molecule has 1 amide bonds. The summed E-state index contributed by atoms with van der Waals surface area (Å²) in [6.45, 7) is 2.41. The van der Waals surface area contributed by atoms with Gasteiger partial charge in [-0.1, -0.05) is 23.2 Å². The summed E-state index contributed by atoms with van der Waals surface area (Å²) in [7, 11) is 0. The highest BCUT2D eigenvalue weighted by Gasteiger charge is 2.19. The molecule has 0 spiro atoms. The zero-order chi connectivity index (χ0) is 23.1. The second kappa shape index (κ2) is 11.0. The summed E-state index contributed by atoms with van der Waals surface area (Å²) in [5.74, 6) is -0.868. The van der Waals surface area contributed by atoms with Gasteiger partial charge in [0.2, 0.25) is 0 Å². The molecule has 0 fully saturated rings. The number of halogens is 2. The van der Waals surface area contributed by atoms with Crippen LogP contribution in [0.1, 0.15) is 33.2 Å². The number of pyridine rings is 1. The quantitative estimate of drug-likeness (QED) is 0.376. The van der Waals surface area contributed by atoms with Crippen molar-refractivity contribution in [2.45, 2.75) is 13.5 Å². The molecule has 9 heteroatoms. The molecule has 0 aliphatic heterocycles. The average Bonchev–Trinajstić information content (AvgIpc) is 2.78. The molecule has 0 unspecified atom stereocenters. The Kier molecular flexibility index (Phi) is 8.16.